The molecule has 6 nitrogen and oxygen atoms in total. The molecule has 0 atom stereocenters. The van der Waals surface area contributed by atoms with Crippen LogP contribution in [0.4, 0.5) is 5.69 Å². The minimum atomic E-state index is -0.274. The van der Waals surface area contributed by atoms with Gasteiger partial charge in [0.05, 0.1) is 12.0 Å². The fourth-order valence-corrected chi connectivity index (χ4v) is 2.18. The second kappa shape index (κ2) is 6.78. The average molecular weight is 319 g/mol. The van der Waals surface area contributed by atoms with Gasteiger partial charge >= 0.3 is 0 Å². The van der Waals surface area contributed by atoms with Gasteiger partial charge in [-0.3, -0.25) is 4.79 Å². The Kier molecular flexibility index (Phi) is 4.38. The van der Waals surface area contributed by atoms with Gasteiger partial charge in [0.1, 0.15) is 0 Å². The number of anilines is 1. The maximum Gasteiger partial charge on any atom is 0.271 e. The van der Waals surface area contributed by atoms with Crippen LogP contribution in [0.25, 0.3) is 5.69 Å². The molecule has 6 heteroatoms. The molecule has 2 aromatic carbocycles. The Hall–Kier alpha value is -3.41. The number of aromatic nitrogens is 2. The highest BCUT2D eigenvalue weighted by molar-refractivity contribution is 6.01. The van der Waals surface area contributed by atoms with Gasteiger partial charge in [0.15, 0.2) is 0 Å². The fourth-order valence-electron chi connectivity index (χ4n) is 2.18. The van der Waals surface area contributed by atoms with Crippen LogP contribution in [0.1, 0.15) is 22.8 Å². The van der Waals surface area contributed by atoms with E-state index < -0.39 is 0 Å². The molecule has 0 saturated heterocycles. The summed E-state index contributed by atoms with van der Waals surface area (Å²) >= 11 is 0. The van der Waals surface area contributed by atoms with Gasteiger partial charge in [0.25, 0.3) is 5.91 Å². The third kappa shape index (κ3) is 3.49. The Morgan fingerprint density at radius 2 is 1.75 bits per heavy atom. The molecule has 0 saturated carbocycles. The van der Waals surface area contributed by atoms with Crippen molar-refractivity contribution in [2.24, 2.45) is 5.10 Å². The van der Waals surface area contributed by atoms with Crippen LogP contribution in [0.5, 0.6) is 0 Å². The number of carbonyl (C=O) groups excluding carboxylic acids is 1. The van der Waals surface area contributed by atoms with Crippen molar-refractivity contribution < 1.29 is 4.79 Å². The lowest BCUT2D eigenvalue weighted by molar-refractivity contribution is 0.0955. The zero-order chi connectivity index (χ0) is 16.9. The molecular weight excluding hydrogens is 302 g/mol. The SMILES string of the molecule is C/C(=N/NC(=O)c1ccc(N)cc1)c1ccc(-n2ccnc2)cc1. The first-order chi connectivity index (χ1) is 11.6. The summed E-state index contributed by atoms with van der Waals surface area (Å²) in [5.74, 6) is -0.274. The van der Waals surface area contributed by atoms with E-state index in [1.165, 1.54) is 0 Å². The number of nitrogens with two attached hydrogens (primary N) is 1. The maximum absolute atomic E-state index is 12.0. The van der Waals surface area contributed by atoms with Crippen molar-refractivity contribution in [2.75, 3.05) is 5.73 Å². The third-order valence-corrected chi connectivity index (χ3v) is 3.59. The number of nitrogen functional groups attached to an aromatic ring is 1. The number of nitrogens with zero attached hydrogens (tertiary/aromatic N) is 3. The van der Waals surface area contributed by atoms with E-state index in [1.54, 1.807) is 36.8 Å². The largest absolute Gasteiger partial charge is 0.399 e. The lowest BCUT2D eigenvalue weighted by atomic mass is 10.1. The van der Waals surface area contributed by atoms with Crippen LogP contribution in [0.15, 0.2) is 72.4 Å². The Morgan fingerprint density at radius 1 is 1.08 bits per heavy atom. The van der Waals surface area contributed by atoms with E-state index in [0.717, 1.165) is 17.0 Å². The van der Waals surface area contributed by atoms with E-state index >= 15 is 0 Å². The normalized spacial score (nSPS) is 11.3. The summed E-state index contributed by atoms with van der Waals surface area (Å²) in [6.45, 7) is 1.84. The van der Waals surface area contributed by atoms with Crippen LogP contribution in [-0.4, -0.2) is 21.2 Å². The van der Waals surface area contributed by atoms with E-state index in [9.17, 15) is 4.79 Å². The summed E-state index contributed by atoms with van der Waals surface area (Å²) in [4.78, 5) is 16.1. The molecule has 3 rings (SSSR count). The van der Waals surface area contributed by atoms with Crippen LogP contribution in [-0.2, 0) is 0 Å². The molecule has 1 amide bonds. The van der Waals surface area contributed by atoms with E-state index in [-0.39, 0.29) is 5.91 Å². The Bertz CT molecular complexity index is 849. The van der Waals surface area contributed by atoms with Crippen molar-refractivity contribution in [3.63, 3.8) is 0 Å². The van der Waals surface area contributed by atoms with Gasteiger partial charge in [-0.05, 0) is 48.9 Å². The Balaban J connectivity index is 1.69. The lowest BCUT2D eigenvalue weighted by Gasteiger charge is -2.06. The topological polar surface area (TPSA) is 85.3 Å². The van der Waals surface area contributed by atoms with Crippen LogP contribution in [0.3, 0.4) is 0 Å². The van der Waals surface area contributed by atoms with Crippen molar-refractivity contribution >= 4 is 17.3 Å². The molecule has 1 aromatic heterocycles. The number of hydrogen-bond acceptors (Lipinski definition) is 4. The van der Waals surface area contributed by atoms with Gasteiger partial charge in [-0.15, -0.1) is 0 Å². The number of carbonyl (C=O) groups is 1. The van der Waals surface area contributed by atoms with Gasteiger partial charge in [0, 0.05) is 29.3 Å². The predicted molar refractivity (Wildman–Crippen MR) is 94.1 cm³/mol. The summed E-state index contributed by atoms with van der Waals surface area (Å²) in [5.41, 5.74) is 11.9. The van der Waals surface area contributed by atoms with Crippen molar-refractivity contribution in [1.29, 1.82) is 0 Å². The van der Waals surface area contributed by atoms with E-state index in [0.29, 0.717) is 11.3 Å². The lowest BCUT2D eigenvalue weighted by Crippen LogP contribution is -2.19. The van der Waals surface area contributed by atoms with Gasteiger partial charge in [-0.2, -0.15) is 5.10 Å². The molecular formula is C18H17N5O. The van der Waals surface area contributed by atoms with Gasteiger partial charge in [-0.25, -0.2) is 10.4 Å². The molecule has 24 heavy (non-hydrogen) atoms. The van der Waals surface area contributed by atoms with Crippen molar-refractivity contribution in [2.45, 2.75) is 6.92 Å². The highest BCUT2D eigenvalue weighted by atomic mass is 16.2. The molecule has 0 aliphatic rings. The number of rotatable bonds is 4. The van der Waals surface area contributed by atoms with Crippen LogP contribution >= 0.6 is 0 Å². The molecule has 0 aliphatic carbocycles. The van der Waals surface area contributed by atoms with Crippen molar-refractivity contribution in [3.05, 3.63) is 78.4 Å². The molecule has 0 radical (unpaired) electrons. The number of amides is 1. The number of benzene rings is 2. The minimum absolute atomic E-state index is 0.274. The van der Waals surface area contributed by atoms with Crippen molar-refractivity contribution in [1.82, 2.24) is 15.0 Å². The molecule has 0 bridgehead atoms. The molecule has 0 fully saturated rings. The first-order valence-corrected chi connectivity index (χ1v) is 7.42. The minimum Gasteiger partial charge on any atom is -0.399 e. The first-order valence-electron chi connectivity index (χ1n) is 7.42. The summed E-state index contributed by atoms with van der Waals surface area (Å²) in [7, 11) is 0. The molecule has 3 aromatic rings. The highest BCUT2D eigenvalue weighted by Crippen LogP contribution is 2.10. The van der Waals surface area contributed by atoms with Gasteiger partial charge < -0.3 is 10.3 Å². The molecule has 1 heterocycles. The predicted octanol–water partition coefficient (Wildman–Crippen LogP) is 2.61. The quantitative estimate of drug-likeness (QED) is 0.440. The molecule has 3 N–H and O–H groups in total. The number of nitrogens with one attached hydrogen (secondary N) is 1. The summed E-state index contributed by atoms with van der Waals surface area (Å²) in [6, 6.07) is 14.5. The average Bonchev–Trinajstić information content (AvgIpc) is 3.15. The molecule has 0 spiro atoms. The summed E-state index contributed by atoms with van der Waals surface area (Å²) < 4.78 is 1.92. The Labute approximate surface area is 139 Å². The third-order valence-electron chi connectivity index (χ3n) is 3.59. The van der Waals surface area contributed by atoms with E-state index in [2.05, 4.69) is 15.5 Å². The van der Waals surface area contributed by atoms with Crippen LogP contribution < -0.4 is 11.2 Å². The standard InChI is InChI=1S/C18H17N5O/c1-13(21-22-18(24)15-2-6-16(19)7-3-15)14-4-8-17(9-5-14)23-11-10-20-12-23/h2-12H,19H2,1H3,(H,22,24)/b21-13-. The second-order valence-electron chi connectivity index (χ2n) is 5.28. The number of hydrazone groups is 1. The molecule has 0 unspecified atom stereocenters. The van der Waals surface area contributed by atoms with Crippen LogP contribution in [0.2, 0.25) is 0 Å². The van der Waals surface area contributed by atoms with Crippen molar-refractivity contribution in [3.8, 4) is 5.69 Å². The Morgan fingerprint density at radius 3 is 2.38 bits per heavy atom. The molecule has 120 valence electrons. The maximum atomic E-state index is 12.0. The zero-order valence-corrected chi connectivity index (χ0v) is 13.2. The smallest absolute Gasteiger partial charge is 0.271 e. The summed E-state index contributed by atoms with van der Waals surface area (Å²) in [6.07, 6.45) is 5.35. The fraction of sp³-hybridized carbons (Fsp3) is 0.0556. The number of hydrogen-bond donors (Lipinski definition) is 2. The van der Waals surface area contributed by atoms with E-state index in [1.807, 2.05) is 42.0 Å². The molecule has 0 aliphatic heterocycles. The van der Waals surface area contributed by atoms with Gasteiger partial charge in [0.2, 0.25) is 0 Å². The summed E-state index contributed by atoms with van der Waals surface area (Å²) in [5, 5.41) is 4.15. The highest BCUT2D eigenvalue weighted by Gasteiger charge is 2.05. The van der Waals surface area contributed by atoms with Crippen LogP contribution in [0, 0.1) is 0 Å². The zero-order valence-electron chi connectivity index (χ0n) is 13.2. The van der Waals surface area contributed by atoms with E-state index in [4.69, 9.17) is 5.73 Å². The second-order valence-corrected chi connectivity index (χ2v) is 5.28. The number of imidazole rings is 1. The monoisotopic (exact) mass is 319 g/mol. The van der Waals surface area contributed by atoms with Gasteiger partial charge in [-0.1, -0.05) is 12.1 Å². The first kappa shape index (κ1) is 15.5.